The maximum atomic E-state index is 12.7. The molecule has 0 radical (unpaired) electrons. The zero-order valence-corrected chi connectivity index (χ0v) is 12.4. The second-order valence-electron chi connectivity index (χ2n) is 5.46. The first kappa shape index (κ1) is 16.0. The lowest BCUT2D eigenvalue weighted by Crippen LogP contribution is -2.51. The number of rotatable bonds is 6. The van der Waals surface area contributed by atoms with E-state index in [2.05, 4.69) is 17.6 Å². The molecule has 1 rings (SSSR count). The van der Waals surface area contributed by atoms with Gasteiger partial charge in [-0.05, 0) is 25.8 Å². The Labute approximate surface area is 116 Å². The summed E-state index contributed by atoms with van der Waals surface area (Å²) in [5.74, 6) is 0.163. The molecule has 1 aliphatic heterocycles. The van der Waals surface area contributed by atoms with Crippen LogP contribution in [0.2, 0.25) is 0 Å². The number of amides is 2. The van der Waals surface area contributed by atoms with Gasteiger partial charge in [-0.3, -0.25) is 9.59 Å². The van der Waals surface area contributed by atoms with Crippen molar-refractivity contribution in [2.24, 2.45) is 5.41 Å². The van der Waals surface area contributed by atoms with E-state index in [-0.39, 0.29) is 17.2 Å². The van der Waals surface area contributed by atoms with Crippen molar-refractivity contribution in [3.8, 4) is 0 Å². The maximum absolute atomic E-state index is 12.7. The predicted molar refractivity (Wildman–Crippen MR) is 75.8 cm³/mol. The van der Waals surface area contributed by atoms with Crippen LogP contribution in [0.1, 0.15) is 39.0 Å². The van der Waals surface area contributed by atoms with Crippen LogP contribution in [-0.2, 0) is 9.59 Å². The second kappa shape index (κ2) is 7.48. The van der Waals surface area contributed by atoms with E-state index in [0.717, 1.165) is 38.8 Å². The van der Waals surface area contributed by atoms with Gasteiger partial charge in [-0.2, -0.15) is 0 Å². The first-order valence-corrected chi connectivity index (χ1v) is 7.22. The van der Waals surface area contributed by atoms with E-state index < -0.39 is 0 Å². The molecule has 1 unspecified atom stereocenters. The molecule has 110 valence electrons. The van der Waals surface area contributed by atoms with Crippen LogP contribution in [0.5, 0.6) is 0 Å². The Morgan fingerprint density at radius 1 is 1.42 bits per heavy atom. The fraction of sp³-hybridized carbons (Fsp3) is 0.857. The molecule has 0 aliphatic carbocycles. The number of carbonyl (C=O) groups is 2. The van der Waals surface area contributed by atoms with Crippen molar-refractivity contribution >= 4 is 11.8 Å². The number of nitrogens with zero attached hydrogens (tertiary/aromatic N) is 1. The van der Waals surface area contributed by atoms with Gasteiger partial charge < -0.3 is 15.5 Å². The van der Waals surface area contributed by atoms with Crippen molar-refractivity contribution in [1.29, 1.82) is 0 Å². The predicted octanol–water partition coefficient (Wildman–Crippen LogP) is 0.751. The van der Waals surface area contributed by atoms with Crippen molar-refractivity contribution in [1.82, 2.24) is 15.5 Å². The third-order valence-corrected chi connectivity index (χ3v) is 3.95. The lowest BCUT2D eigenvalue weighted by molar-refractivity contribution is -0.142. The summed E-state index contributed by atoms with van der Waals surface area (Å²) in [6, 6.07) is 0. The van der Waals surface area contributed by atoms with Crippen LogP contribution in [0.3, 0.4) is 0 Å². The van der Waals surface area contributed by atoms with E-state index in [1.807, 2.05) is 0 Å². The molecule has 5 nitrogen and oxygen atoms in total. The maximum Gasteiger partial charge on any atom is 0.229 e. The van der Waals surface area contributed by atoms with Crippen LogP contribution < -0.4 is 10.6 Å². The van der Waals surface area contributed by atoms with Gasteiger partial charge in [0.1, 0.15) is 0 Å². The highest BCUT2D eigenvalue weighted by Gasteiger charge is 2.40. The largest absolute Gasteiger partial charge is 0.359 e. The molecule has 0 aromatic rings. The van der Waals surface area contributed by atoms with Gasteiger partial charge >= 0.3 is 0 Å². The third kappa shape index (κ3) is 4.20. The molecule has 1 saturated heterocycles. The Hall–Kier alpha value is -1.10. The number of piperidine rings is 1. The zero-order chi connectivity index (χ0) is 14.3. The fourth-order valence-electron chi connectivity index (χ4n) is 2.85. The summed E-state index contributed by atoms with van der Waals surface area (Å²) in [5.41, 5.74) is -0.259. The van der Waals surface area contributed by atoms with Gasteiger partial charge in [0, 0.05) is 33.6 Å². The molecule has 1 fully saturated rings. The lowest BCUT2D eigenvalue weighted by atomic mass is 9.76. The average molecular weight is 269 g/mol. The normalized spacial score (nSPS) is 22.9. The molecule has 2 N–H and O–H groups in total. The minimum Gasteiger partial charge on any atom is -0.359 e. The van der Waals surface area contributed by atoms with E-state index in [1.54, 1.807) is 19.0 Å². The van der Waals surface area contributed by atoms with Crippen molar-refractivity contribution in [2.45, 2.75) is 39.0 Å². The van der Waals surface area contributed by atoms with E-state index >= 15 is 0 Å². The molecule has 1 heterocycles. The minimum absolute atomic E-state index is 0.0223. The van der Waals surface area contributed by atoms with Crippen LogP contribution in [0.15, 0.2) is 0 Å². The number of hydrogen-bond acceptors (Lipinski definition) is 3. The van der Waals surface area contributed by atoms with Gasteiger partial charge in [-0.1, -0.05) is 13.3 Å². The van der Waals surface area contributed by atoms with Crippen molar-refractivity contribution < 1.29 is 9.59 Å². The molecule has 19 heavy (non-hydrogen) atoms. The molecular formula is C14H27N3O2. The Bertz CT molecular complexity index is 306. The molecule has 0 aromatic heterocycles. The standard InChI is InChI=1S/C14H27N3O2/c1-4-7-14(8-5-9-16-11-14)13(19)17(3)10-6-12(18)15-2/h16H,4-11H2,1-3H3,(H,15,18). The summed E-state index contributed by atoms with van der Waals surface area (Å²) in [5, 5.41) is 5.93. The van der Waals surface area contributed by atoms with E-state index in [1.165, 1.54) is 0 Å². The summed E-state index contributed by atoms with van der Waals surface area (Å²) in [6.07, 6.45) is 4.31. The van der Waals surface area contributed by atoms with Crippen LogP contribution >= 0.6 is 0 Å². The van der Waals surface area contributed by atoms with Crippen LogP contribution in [0, 0.1) is 5.41 Å². The van der Waals surface area contributed by atoms with Crippen LogP contribution in [0.4, 0.5) is 0 Å². The molecule has 5 heteroatoms. The van der Waals surface area contributed by atoms with Gasteiger partial charge in [0.25, 0.3) is 0 Å². The highest BCUT2D eigenvalue weighted by atomic mass is 16.2. The van der Waals surface area contributed by atoms with Crippen molar-refractivity contribution in [3.63, 3.8) is 0 Å². The third-order valence-electron chi connectivity index (χ3n) is 3.95. The number of nitrogens with one attached hydrogen (secondary N) is 2. The van der Waals surface area contributed by atoms with E-state index in [9.17, 15) is 9.59 Å². The number of carbonyl (C=O) groups excluding carboxylic acids is 2. The Kier molecular flexibility index (Phi) is 6.28. The highest BCUT2D eigenvalue weighted by Crippen LogP contribution is 2.33. The van der Waals surface area contributed by atoms with Crippen LogP contribution in [0.25, 0.3) is 0 Å². The molecule has 1 aliphatic rings. The Balaban J connectivity index is 2.62. The summed E-state index contributed by atoms with van der Waals surface area (Å²) in [6.45, 7) is 4.38. The second-order valence-corrected chi connectivity index (χ2v) is 5.46. The van der Waals surface area contributed by atoms with Gasteiger partial charge in [-0.25, -0.2) is 0 Å². The van der Waals surface area contributed by atoms with Gasteiger partial charge in [0.15, 0.2) is 0 Å². The minimum atomic E-state index is -0.259. The van der Waals surface area contributed by atoms with E-state index in [0.29, 0.717) is 13.0 Å². The summed E-state index contributed by atoms with van der Waals surface area (Å²) in [7, 11) is 3.42. The van der Waals surface area contributed by atoms with Crippen molar-refractivity contribution in [2.75, 3.05) is 33.7 Å². The molecule has 0 spiro atoms. The Morgan fingerprint density at radius 3 is 2.68 bits per heavy atom. The SMILES string of the molecule is CCCC1(C(=O)N(C)CCC(=O)NC)CCCNC1. The summed E-state index contributed by atoms with van der Waals surface area (Å²) < 4.78 is 0. The Morgan fingerprint density at radius 2 is 2.16 bits per heavy atom. The van der Waals surface area contributed by atoms with Gasteiger partial charge in [0.2, 0.25) is 11.8 Å². The van der Waals surface area contributed by atoms with Gasteiger partial charge in [-0.15, -0.1) is 0 Å². The van der Waals surface area contributed by atoms with Gasteiger partial charge in [0.05, 0.1) is 5.41 Å². The summed E-state index contributed by atoms with van der Waals surface area (Å²) in [4.78, 5) is 25.6. The molecule has 2 amide bonds. The smallest absolute Gasteiger partial charge is 0.229 e. The van der Waals surface area contributed by atoms with Crippen LogP contribution in [-0.4, -0.2) is 50.4 Å². The first-order valence-electron chi connectivity index (χ1n) is 7.22. The highest BCUT2D eigenvalue weighted by molar-refractivity contribution is 5.83. The zero-order valence-electron chi connectivity index (χ0n) is 12.4. The molecular weight excluding hydrogens is 242 g/mol. The van der Waals surface area contributed by atoms with Crippen molar-refractivity contribution in [3.05, 3.63) is 0 Å². The summed E-state index contributed by atoms with van der Waals surface area (Å²) >= 11 is 0. The lowest BCUT2D eigenvalue weighted by Gasteiger charge is -2.39. The van der Waals surface area contributed by atoms with E-state index in [4.69, 9.17) is 0 Å². The first-order chi connectivity index (χ1) is 9.05. The molecule has 0 aromatic carbocycles. The fourth-order valence-corrected chi connectivity index (χ4v) is 2.85. The molecule has 0 saturated carbocycles. The number of hydrogen-bond donors (Lipinski definition) is 2. The molecule has 1 atom stereocenters. The topological polar surface area (TPSA) is 61.4 Å². The monoisotopic (exact) mass is 269 g/mol. The average Bonchev–Trinajstić information content (AvgIpc) is 2.44. The molecule has 0 bridgehead atoms. The quantitative estimate of drug-likeness (QED) is 0.748.